The molecule has 0 heterocycles. The Morgan fingerprint density at radius 2 is 1.89 bits per heavy atom. The van der Waals surface area contributed by atoms with Crippen LogP contribution in [0.15, 0.2) is 42.6 Å². The van der Waals surface area contributed by atoms with Gasteiger partial charge in [-0.15, -0.1) is 0 Å². The van der Waals surface area contributed by atoms with E-state index in [2.05, 4.69) is 16.7 Å². The van der Waals surface area contributed by atoms with Crippen LogP contribution in [0, 0.1) is 5.92 Å². The maximum absolute atomic E-state index is 11.6. The summed E-state index contributed by atoms with van der Waals surface area (Å²) in [6.45, 7) is 0.559. The first-order valence-electron chi connectivity index (χ1n) is 7.09. The normalized spacial score (nSPS) is 16.4. The summed E-state index contributed by atoms with van der Waals surface area (Å²) in [5.41, 5.74) is 1.11. The van der Waals surface area contributed by atoms with E-state index in [4.69, 9.17) is 0 Å². The van der Waals surface area contributed by atoms with Crippen molar-refractivity contribution in [2.75, 3.05) is 0 Å². The van der Waals surface area contributed by atoms with Crippen molar-refractivity contribution in [1.82, 2.24) is 10.6 Å². The maximum atomic E-state index is 11.6. The fourth-order valence-corrected chi connectivity index (χ4v) is 2.42. The second kappa shape index (κ2) is 7.62. The van der Waals surface area contributed by atoms with Gasteiger partial charge in [-0.05, 0) is 24.3 Å². The molecule has 0 aromatic heterocycles. The summed E-state index contributed by atoms with van der Waals surface area (Å²) in [5.74, 6) is 0.642. The van der Waals surface area contributed by atoms with E-state index >= 15 is 0 Å². The lowest BCUT2D eigenvalue weighted by molar-refractivity contribution is 0.243. The maximum Gasteiger partial charge on any atom is 0.319 e. The molecule has 0 bridgehead atoms. The molecule has 0 aliphatic heterocycles. The number of hydrogen-bond donors (Lipinski definition) is 2. The Morgan fingerprint density at radius 1 is 1.16 bits per heavy atom. The van der Waals surface area contributed by atoms with Gasteiger partial charge in [0, 0.05) is 12.7 Å². The van der Waals surface area contributed by atoms with Gasteiger partial charge in [-0.3, -0.25) is 0 Å². The molecule has 1 fully saturated rings. The first-order valence-corrected chi connectivity index (χ1v) is 7.09. The van der Waals surface area contributed by atoms with Gasteiger partial charge in [0.2, 0.25) is 0 Å². The Hall–Kier alpha value is -1.77. The van der Waals surface area contributed by atoms with E-state index in [9.17, 15) is 4.79 Å². The molecule has 1 aliphatic carbocycles. The molecule has 0 radical (unpaired) electrons. The molecule has 19 heavy (non-hydrogen) atoms. The third kappa shape index (κ3) is 5.16. The van der Waals surface area contributed by atoms with E-state index in [1.54, 1.807) is 6.20 Å². The van der Waals surface area contributed by atoms with Crippen LogP contribution in [0.5, 0.6) is 0 Å². The minimum Gasteiger partial charge on any atom is -0.334 e. The molecule has 0 unspecified atom stereocenters. The zero-order valence-corrected chi connectivity index (χ0v) is 11.3. The SMILES string of the molecule is O=C(N/C=C/C1CCCCC1)NCc1ccccc1. The molecule has 1 aliphatic rings. The van der Waals surface area contributed by atoms with Crippen LogP contribution >= 0.6 is 0 Å². The summed E-state index contributed by atoms with van der Waals surface area (Å²) in [6.07, 6.45) is 10.4. The van der Waals surface area contributed by atoms with Crippen LogP contribution < -0.4 is 10.6 Å². The zero-order valence-electron chi connectivity index (χ0n) is 11.3. The monoisotopic (exact) mass is 258 g/mol. The Balaban J connectivity index is 1.65. The van der Waals surface area contributed by atoms with Crippen molar-refractivity contribution in [2.24, 2.45) is 5.92 Å². The fourth-order valence-electron chi connectivity index (χ4n) is 2.42. The van der Waals surface area contributed by atoms with Gasteiger partial charge in [-0.25, -0.2) is 4.79 Å². The van der Waals surface area contributed by atoms with Crippen molar-refractivity contribution in [3.05, 3.63) is 48.2 Å². The molecule has 2 N–H and O–H groups in total. The highest BCUT2D eigenvalue weighted by atomic mass is 16.2. The van der Waals surface area contributed by atoms with Gasteiger partial charge >= 0.3 is 6.03 Å². The van der Waals surface area contributed by atoms with Gasteiger partial charge in [0.25, 0.3) is 0 Å². The lowest BCUT2D eigenvalue weighted by atomic mass is 9.89. The van der Waals surface area contributed by atoms with Gasteiger partial charge in [0.1, 0.15) is 0 Å². The first-order chi connectivity index (χ1) is 9.34. The third-order valence-corrected chi connectivity index (χ3v) is 3.53. The minimum atomic E-state index is -0.143. The Bertz CT molecular complexity index is 408. The molecule has 0 spiro atoms. The molecule has 2 amide bonds. The van der Waals surface area contributed by atoms with Crippen molar-refractivity contribution in [3.63, 3.8) is 0 Å². The van der Waals surface area contributed by atoms with E-state index in [-0.39, 0.29) is 6.03 Å². The molecule has 1 aromatic rings. The number of carbonyl (C=O) groups excluding carboxylic acids is 1. The largest absolute Gasteiger partial charge is 0.334 e. The van der Waals surface area contributed by atoms with Gasteiger partial charge in [-0.2, -0.15) is 0 Å². The second-order valence-corrected chi connectivity index (χ2v) is 5.07. The zero-order chi connectivity index (χ0) is 13.3. The summed E-state index contributed by atoms with van der Waals surface area (Å²) in [5, 5.41) is 5.60. The van der Waals surface area contributed by atoms with E-state index in [0.717, 1.165) is 5.56 Å². The molecule has 1 aromatic carbocycles. The number of benzene rings is 1. The van der Waals surface area contributed by atoms with Crippen LogP contribution in [-0.4, -0.2) is 6.03 Å². The molecule has 2 rings (SSSR count). The van der Waals surface area contributed by atoms with Crippen LogP contribution in [0.25, 0.3) is 0 Å². The predicted octanol–water partition coefficient (Wildman–Crippen LogP) is 3.58. The van der Waals surface area contributed by atoms with Gasteiger partial charge < -0.3 is 10.6 Å². The quantitative estimate of drug-likeness (QED) is 0.851. The number of carbonyl (C=O) groups is 1. The highest BCUT2D eigenvalue weighted by Gasteiger charge is 2.09. The van der Waals surface area contributed by atoms with Crippen molar-refractivity contribution in [2.45, 2.75) is 38.6 Å². The Kier molecular flexibility index (Phi) is 5.48. The lowest BCUT2D eigenvalue weighted by Crippen LogP contribution is -2.31. The molecule has 3 nitrogen and oxygen atoms in total. The van der Waals surface area contributed by atoms with E-state index in [1.807, 2.05) is 30.3 Å². The Morgan fingerprint density at radius 3 is 2.63 bits per heavy atom. The fraction of sp³-hybridized carbons (Fsp3) is 0.438. The highest BCUT2D eigenvalue weighted by molar-refractivity contribution is 5.74. The number of amides is 2. The summed E-state index contributed by atoms with van der Waals surface area (Å²) >= 11 is 0. The lowest BCUT2D eigenvalue weighted by Gasteiger charge is -2.17. The van der Waals surface area contributed by atoms with Crippen LogP contribution in [-0.2, 0) is 6.54 Å². The van der Waals surface area contributed by atoms with Crippen molar-refractivity contribution >= 4 is 6.03 Å². The summed E-state index contributed by atoms with van der Waals surface area (Å²) < 4.78 is 0. The average molecular weight is 258 g/mol. The molecule has 0 atom stereocenters. The number of rotatable bonds is 4. The van der Waals surface area contributed by atoms with Crippen LogP contribution in [0.1, 0.15) is 37.7 Å². The van der Waals surface area contributed by atoms with E-state index in [0.29, 0.717) is 12.5 Å². The van der Waals surface area contributed by atoms with Gasteiger partial charge in [0.05, 0.1) is 0 Å². The van der Waals surface area contributed by atoms with E-state index < -0.39 is 0 Å². The number of allylic oxidation sites excluding steroid dienone is 1. The molecular formula is C16H22N2O. The highest BCUT2D eigenvalue weighted by Crippen LogP contribution is 2.24. The number of urea groups is 1. The smallest absolute Gasteiger partial charge is 0.319 e. The topological polar surface area (TPSA) is 41.1 Å². The molecular weight excluding hydrogens is 236 g/mol. The summed E-state index contributed by atoms with van der Waals surface area (Å²) in [4.78, 5) is 11.6. The minimum absolute atomic E-state index is 0.143. The van der Waals surface area contributed by atoms with Crippen LogP contribution in [0.2, 0.25) is 0 Å². The van der Waals surface area contributed by atoms with Gasteiger partial charge in [-0.1, -0.05) is 55.7 Å². The summed E-state index contributed by atoms with van der Waals surface area (Å²) in [6, 6.07) is 9.76. The van der Waals surface area contributed by atoms with Crippen molar-refractivity contribution < 1.29 is 4.79 Å². The van der Waals surface area contributed by atoms with Crippen LogP contribution in [0.3, 0.4) is 0 Å². The van der Waals surface area contributed by atoms with Crippen molar-refractivity contribution in [3.8, 4) is 0 Å². The van der Waals surface area contributed by atoms with Crippen molar-refractivity contribution in [1.29, 1.82) is 0 Å². The first kappa shape index (κ1) is 13.7. The Labute approximate surface area is 115 Å². The molecule has 1 saturated carbocycles. The standard InChI is InChI=1S/C16H22N2O/c19-16(18-13-15-9-5-2-6-10-15)17-12-11-14-7-3-1-4-8-14/h2,5-6,9-12,14H,1,3-4,7-8,13H2,(H2,17,18,19)/b12-11+. The molecule has 102 valence electrons. The average Bonchev–Trinajstić information content (AvgIpc) is 2.47. The predicted molar refractivity (Wildman–Crippen MR) is 77.5 cm³/mol. The number of hydrogen-bond acceptors (Lipinski definition) is 1. The third-order valence-electron chi connectivity index (χ3n) is 3.53. The number of nitrogens with one attached hydrogen (secondary N) is 2. The van der Waals surface area contributed by atoms with Crippen LogP contribution in [0.4, 0.5) is 4.79 Å². The summed E-state index contributed by atoms with van der Waals surface area (Å²) in [7, 11) is 0. The molecule has 3 heteroatoms. The van der Waals surface area contributed by atoms with Gasteiger partial charge in [0.15, 0.2) is 0 Å². The van der Waals surface area contributed by atoms with E-state index in [1.165, 1.54) is 32.1 Å². The second-order valence-electron chi connectivity index (χ2n) is 5.07. The molecule has 0 saturated heterocycles.